The zero-order chi connectivity index (χ0) is 13.3. The fourth-order valence-corrected chi connectivity index (χ4v) is 2.04. The zero-order valence-corrected chi connectivity index (χ0v) is 9.31. The Labute approximate surface area is 101 Å². The first-order valence-electron chi connectivity index (χ1n) is 5.45. The number of alkyl halides is 3. The van der Waals surface area contributed by atoms with Crippen molar-refractivity contribution in [3.63, 3.8) is 0 Å². The van der Waals surface area contributed by atoms with Crippen LogP contribution in [0.25, 0.3) is 0 Å². The first kappa shape index (κ1) is 12.6. The monoisotopic (exact) mass is 257 g/mol. The summed E-state index contributed by atoms with van der Waals surface area (Å²) in [5.41, 5.74) is -0.314. The molecule has 0 bridgehead atoms. The van der Waals surface area contributed by atoms with Crippen molar-refractivity contribution in [3.05, 3.63) is 28.2 Å². The van der Waals surface area contributed by atoms with Crippen molar-refractivity contribution < 1.29 is 13.2 Å². The standard InChI is InChI=1S/C11H10F3N3O/c12-11(13,14)8-3-7(4-8)6-17-10(18)2-1-9(5-15)16-17/h1-2,7-8H,3-4,6H2. The second-order valence-electron chi connectivity index (χ2n) is 4.43. The maximum Gasteiger partial charge on any atom is 0.391 e. The van der Waals surface area contributed by atoms with Gasteiger partial charge in [-0.25, -0.2) is 4.68 Å². The van der Waals surface area contributed by atoms with E-state index in [2.05, 4.69) is 5.10 Å². The molecule has 7 heteroatoms. The number of hydrogen-bond donors (Lipinski definition) is 0. The number of halogens is 3. The smallest absolute Gasteiger partial charge is 0.268 e. The first-order valence-corrected chi connectivity index (χ1v) is 5.45. The quantitative estimate of drug-likeness (QED) is 0.810. The fourth-order valence-electron chi connectivity index (χ4n) is 2.04. The van der Waals surface area contributed by atoms with E-state index in [1.54, 1.807) is 6.07 Å². The van der Waals surface area contributed by atoms with Gasteiger partial charge in [-0.15, -0.1) is 0 Å². The minimum atomic E-state index is -4.15. The van der Waals surface area contributed by atoms with Crippen LogP contribution < -0.4 is 5.56 Å². The summed E-state index contributed by atoms with van der Waals surface area (Å²) >= 11 is 0. The van der Waals surface area contributed by atoms with Crippen LogP contribution in [0.5, 0.6) is 0 Å². The molecule has 0 N–H and O–H groups in total. The highest BCUT2D eigenvalue weighted by molar-refractivity contribution is 5.16. The van der Waals surface area contributed by atoms with E-state index in [0.29, 0.717) is 0 Å². The van der Waals surface area contributed by atoms with E-state index in [0.717, 1.165) is 4.68 Å². The predicted octanol–water partition coefficient (Wildman–Crippen LogP) is 1.70. The highest BCUT2D eigenvalue weighted by Crippen LogP contribution is 2.45. The van der Waals surface area contributed by atoms with Crippen molar-refractivity contribution in [1.82, 2.24) is 9.78 Å². The molecule has 0 amide bonds. The zero-order valence-electron chi connectivity index (χ0n) is 9.31. The van der Waals surface area contributed by atoms with E-state index in [9.17, 15) is 18.0 Å². The number of nitriles is 1. The molecule has 4 nitrogen and oxygen atoms in total. The lowest BCUT2D eigenvalue weighted by Gasteiger charge is -2.36. The third-order valence-corrected chi connectivity index (χ3v) is 3.11. The van der Waals surface area contributed by atoms with E-state index < -0.39 is 17.7 Å². The number of hydrogen-bond acceptors (Lipinski definition) is 3. The molecule has 1 aliphatic rings. The van der Waals surface area contributed by atoms with Crippen LogP contribution in [0, 0.1) is 23.2 Å². The van der Waals surface area contributed by atoms with Gasteiger partial charge in [0, 0.05) is 12.6 Å². The Balaban J connectivity index is 2.01. The second-order valence-corrected chi connectivity index (χ2v) is 4.43. The summed E-state index contributed by atoms with van der Waals surface area (Å²) in [7, 11) is 0. The molecule has 1 aromatic rings. The van der Waals surface area contributed by atoms with Gasteiger partial charge in [-0.1, -0.05) is 0 Å². The van der Waals surface area contributed by atoms with Crippen molar-refractivity contribution in [3.8, 4) is 6.07 Å². The second kappa shape index (κ2) is 4.44. The molecule has 18 heavy (non-hydrogen) atoms. The topological polar surface area (TPSA) is 58.7 Å². The predicted molar refractivity (Wildman–Crippen MR) is 55.5 cm³/mol. The molecule has 1 fully saturated rings. The summed E-state index contributed by atoms with van der Waals surface area (Å²) in [5, 5.41) is 12.4. The molecule has 1 aliphatic carbocycles. The molecular formula is C11H10F3N3O. The van der Waals surface area contributed by atoms with Crippen LogP contribution in [0.1, 0.15) is 18.5 Å². The van der Waals surface area contributed by atoms with Crippen molar-refractivity contribution in [1.29, 1.82) is 5.26 Å². The SMILES string of the molecule is N#Cc1ccc(=O)n(CC2CC(C(F)(F)F)C2)n1. The molecule has 0 atom stereocenters. The Morgan fingerprint density at radius 2 is 2.11 bits per heavy atom. The van der Waals surface area contributed by atoms with Gasteiger partial charge in [-0.05, 0) is 24.8 Å². The highest BCUT2D eigenvalue weighted by Gasteiger charge is 2.47. The normalized spacial score (nSPS) is 23.2. The summed E-state index contributed by atoms with van der Waals surface area (Å²) in [6, 6.07) is 4.28. The molecule has 0 saturated heterocycles. The van der Waals surface area contributed by atoms with E-state index in [1.807, 2.05) is 0 Å². The maximum absolute atomic E-state index is 12.3. The third kappa shape index (κ3) is 2.53. The first-order chi connectivity index (χ1) is 8.40. The Morgan fingerprint density at radius 3 is 2.67 bits per heavy atom. The average molecular weight is 257 g/mol. The molecule has 0 aromatic carbocycles. The summed E-state index contributed by atoms with van der Waals surface area (Å²) in [4.78, 5) is 11.4. The van der Waals surface area contributed by atoms with E-state index in [1.165, 1.54) is 12.1 Å². The third-order valence-electron chi connectivity index (χ3n) is 3.11. The molecule has 0 aliphatic heterocycles. The highest BCUT2D eigenvalue weighted by atomic mass is 19.4. The van der Waals surface area contributed by atoms with Crippen molar-refractivity contribution in [2.24, 2.45) is 11.8 Å². The largest absolute Gasteiger partial charge is 0.391 e. The molecule has 96 valence electrons. The Hall–Kier alpha value is -1.84. The minimum absolute atomic E-state index is 0.0222. The van der Waals surface area contributed by atoms with Gasteiger partial charge in [0.25, 0.3) is 5.56 Å². The van der Waals surface area contributed by atoms with Crippen LogP contribution in [0.4, 0.5) is 13.2 Å². The summed E-state index contributed by atoms with van der Waals surface area (Å²) in [6.07, 6.45) is -4.10. The summed E-state index contributed by atoms with van der Waals surface area (Å²) in [6.45, 7) is 0.140. The summed E-state index contributed by atoms with van der Waals surface area (Å²) in [5.74, 6) is -1.46. The Morgan fingerprint density at radius 1 is 1.44 bits per heavy atom. The van der Waals surface area contributed by atoms with Gasteiger partial charge < -0.3 is 0 Å². The number of aromatic nitrogens is 2. The van der Waals surface area contributed by atoms with Crippen LogP contribution in [0.15, 0.2) is 16.9 Å². The molecule has 1 saturated carbocycles. The Bertz CT molecular complexity index is 538. The Kier molecular flexibility index (Phi) is 3.11. The average Bonchev–Trinajstić information content (AvgIpc) is 2.23. The van der Waals surface area contributed by atoms with Gasteiger partial charge in [0.2, 0.25) is 0 Å². The molecule has 0 radical (unpaired) electrons. The molecule has 1 aromatic heterocycles. The van der Waals surface area contributed by atoms with E-state index in [-0.39, 0.29) is 31.0 Å². The van der Waals surface area contributed by atoms with Gasteiger partial charge in [-0.2, -0.15) is 23.5 Å². The van der Waals surface area contributed by atoms with Crippen LogP contribution in [-0.2, 0) is 6.54 Å². The van der Waals surface area contributed by atoms with Gasteiger partial charge in [0.1, 0.15) is 6.07 Å². The fraction of sp³-hybridized carbons (Fsp3) is 0.545. The number of nitrogens with zero attached hydrogens (tertiary/aromatic N) is 3. The van der Waals surface area contributed by atoms with Crippen LogP contribution in [0.3, 0.4) is 0 Å². The van der Waals surface area contributed by atoms with Gasteiger partial charge in [0.05, 0.1) is 5.92 Å². The maximum atomic E-state index is 12.3. The van der Waals surface area contributed by atoms with Crippen molar-refractivity contribution >= 4 is 0 Å². The molecule has 2 rings (SSSR count). The lowest BCUT2D eigenvalue weighted by Crippen LogP contribution is -2.39. The van der Waals surface area contributed by atoms with Crippen molar-refractivity contribution in [2.45, 2.75) is 25.6 Å². The molecule has 1 heterocycles. The summed E-state index contributed by atoms with van der Waals surface area (Å²) < 4.78 is 37.9. The van der Waals surface area contributed by atoms with Crippen LogP contribution >= 0.6 is 0 Å². The van der Waals surface area contributed by atoms with Gasteiger partial charge in [-0.3, -0.25) is 4.79 Å². The van der Waals surface area contributed by atoms with Crippen LogP contribution in [0.2, 0.25) is 0 Å². The van der Waals surface area contributed by atoms with E-state index >= 15 is 0 Å². The van der Waals surface area contributed by atoms with Gasteiger partial charge in [0.15, 0.2) is 5.69 Å². The lowest BCUT2D eigenvalue weighted by molar-refractivity contribution is -0.205. The van der Waals surface area contributed by atoms with Crippen LogP contribution in [-0.4, -0.2) is 16.0 Å². The molecule has 0 spiro atoms. The van der Waals surface area contributed by atoms with E-state index in [4.69, 9.17) is 5.26 Å². The number of rotatable bonds is 2. The molecular weight excluding hydrogens is 247 g/mol. The van der Waals surface area contributed by atoms with Crippen molar-refractivity contribution in [2.75, 3.05) is 0 Å². The lowest BCUT2D eigenvalue weighted by atomic mass is 9.74. The van der Waals surface area contributed by atoms with Gasteiger partial charge >= 0.3 is 6.18 Å². The molecule has 0 unspecified atom stereocenters. The minimum Gasteiger partial charge on any atom is -0.268 e.